The Kier molecular flexibility index (Phi) is 3.57. The molecule has 0 aromatic carbocycles. The summed E-state index contributed by atoms with van der Waals surface area (Å²) in [5, 5.41) is 14.5. The van der Waals surface area contributed by atoms with E-state index in [1.54, 1.807) is 4.68 Å². The van der Waals surface area contributed by atoms with E-state index in [1.807, 2.05) is 20.2 Å². The van der Waals surface area contributed by atoms with Crippen molar-refractivity contribution in [1.82, 2.24) is 25.3 Å². The molecule has 7 heteroatoms. The molecule has 1 N–H and O–H groups in total. The number of carbonyl (C=O) groups excluding carboxylic acids is 1. The third-order valence-corrected chi connectivity index (χ3v) is 2.62. The molecule has 0 saturated carbocycles. The maximum atomic E-state index is 11.8. The van der Waals surface area contributed by atoms with Gasteiger partial charge in [-0.2, -0.15) is 5.10 Å². The lowest BCUT2D eigenvalue weighted by Crippen LogP contribution is -2.24. The van der Waals surface area contributed by atoms with E-state index in [1.165, 1.54) is 12.1 Å². The van der Waals surface area contributed by atoms with Crippen molar-refractivity contribution in [3.63, 3.8) is 0 Å². The maximum absolute atomic E-state index is 11.8. The Hall–Kier alpha value is -1.95. The molecule has 94 valence electrons. The molecule has 2 aromatic heterocycles. The number of aromatic nitrogens is 4. The monoisotopic (exact) mass is 265 g/mol. The summed E-state index contributed by atoms with van der Waals surface area (Å²) in [4.78, 5) is 11.8. The molecular formula is C11H12ClN5O. The number of carbonyl (C=O) groups is 1. The minimum Gasteiger partial charge on any atom is -0.346 e. The fourth-order valence-corrected chi connectivity index (χ4v) is 1.63. The molecule has 18 heavy (non-hydrogen) atoms. The van der Waals surface area contributed by atoms with E-state index in [2.05, 4.69) is 20.6 Å². The number of hydrogen-bond acceptors (Lipinski definition) is 4. The lowest BCUT2D eigenvalue weighted by Gasteiger charge is -2.02. The molecule has 2 rings (SSSR count). The molecular weight excluding hydrogens is 254 g/mol. The molecule has 0 aliphatic carbocycles. The van der Waals surface area contributed by atoms with Crippen LogP contribution in [0.3, 0.4) is 0 Å². The third-order valence-electron chi connectivity index (χ3n) is 2.42. The van der Waals surface area contributed by atoms with Gasteiger partial charge in [-0.1, -0.05) is 11.6 Å². The molecule has 6 nitrogen and oxygen atoms in total. The van der Waals surface area contributed by atoms with Gasteiger partial charge in [-0.15, -0.1) is 10.2 Å². The Balaban J connectivity index is 2.00. The van der Waals surface area contributed by atoms with Crippen LogP contribution in [0.25, 0.3) is 0 Å². The van der Waals surface area contributed by atoms with E-state index in [-0.39, 0.29) is 16.8 Å². The Labute approximate surface area is 109 Å². The van der Waals surface area contributed by atoms with Gasteiger partial charge in [0.1, 0.15) is 0 Å². The van der Waals surface area contributed by atoms with Crippen LogP contribution in [0.15, 0.2) is 18.3 Å². The average Bonchev–Trinajstić information content (AvgIpc) is 2.66. The summed E-state index contributed by atoms with van der Waals surface area (Å²) in [7, 11) is 1.84. The van der Waals surface area contributed by atoms with E-state index in [0.717, 1.165) is 11.3 Å². The molecule has 0 atom stereocenters. The number of amides is 1. The maximum Gasteiger partial charge on any atom is 0.272 e. The Morgan fingerprint density at radius 2 is 2.22 bits per heavy atom. The standard InChI is InChI=1S/C11H12ClN5O/c1-7-8(6-17(2)16-7)5-13-11(18)9-3-4-10(12)15-14-9/h3-4,6H,5H2,1-2H3,(H,13,18). The molecule has 0 aliphatic rings. The van der Waals surface area contributed by atoms with Crippen LogP contribution in [0.1, 0.15) is 21.7 Å². The van der Waals surface area contributed by atoms with Crippen molar-refractivity contribution in [3.05, 3.63) is 40.4 Å². The van der Waals surface area contributed by atoms with Crippen LogP contribution < -0.4 is 5.32 Å². The molecule has 0 saturated heterocycles. The summed E-state index contributed by atoms with van der Waals surface area (Å²) in [6.07, 6.45) is 1.86. The fraction of sp³-hybridized carbons (Fsp3) is 0.273. The molecule has 1 amide bonds. The summed E-state index contributed by atoms with van der Waals surface area (Å²) in [6, 6.07) is 3.06. The lowest BCUT2D eigenvalue weighted by atomic mass is 10.2. The van der Waals surface area contributed by atoms with Gasteiger partial charge < -0.3 is 5.32 Å². The second-order valence-corrected chi connectivity index (χ2v) is 4.22. The molecule has 2 aromatic rings. The molecule has 0 radical (unpaired) electrons. The van der Waals surface area contributed by atoms with E-state index in [4.69, 9.17) is 11.6 Å². The minimum atomic E-state index is -0.289. The first-order valence-corrected chi connectivity index (χ1v) is 5.70. The molecule has 0 fully saturated rings. The largest absolute Gasteiger partial charge is 0.346 e. The van der Waals surface area contributed by atoms with Gasteiger partial charge >= 0.3 is 0 Å². The quantitative estimate of drug-likeness (QED) is 0.902. The van der Waals surface area contributed by atoms with E-state index >= 15 is 0 Å². The zero-order chi connectivity index (χ0) is 13.1. The first-order chi connectivity index (χ1) is 8.56. The fourth-order valence-electron chi connectivity index (χ4n) is 1.53. The Bertz CT molecular complexity index is 563. The van der Waals surface area contributed by atoms with Crippen LogP contribution in [-0.2, 0) is 13.6 Å². The van der Waals surface area contributed by atoms with Gasteiger partial charge in [-0.05, 0) is 19.1 Å². The van der Waals surface area contributed by atoms with Crippen LogP contribution in [-0.4, -0.2) is 25.9 Å². The first kappa shape index (κ1) is 12.5. The predicted molar refractivity (Wildman–Crippen MR) is 66.2 cm³/mol. The number of hydrogen-bond donors (Lipinski definition) is 1. The summed E-state index contributed by atoms with van der Waals surface area (Å²) in [5.41, 5.74) is 2.09. The smallest absolute Gasteiger partial charge is 0.272 e. The zero-order valence-electron chi connectivity index (χ0n) is 10.0. The normalized spacial score (nSPS) is 10.4. The summed E-state index contributed by atoms with van der Waals surface area (Å²) in [6.45, 7) is 2.30. The SMILES string of the molecule is Cc1nn(C)cc1CNC(=O)c1ccc(Cl)nn1. The third kappa shape index (κ3) is 2.84. The highest BCUT2D eigenvalue weighted by Gasteiger charge is 2.09. The predicted octanol–water partition coefficient (Wildman–Crippen LogP) is 1.10. The topological polar surface area (TPSA) is 72.7 Å². The number of nitrogens with one attached hydrogen (secondary N) is 1. The summed E-state index contributed by atoms with van der Waals surface area (Å²) >= 11 is 5.60. The van der Waals surface area contributed by atoms with E-state index in [9.17, 15) is 4.79 Å². The number of nitrogens with zero attached hydrogens (tertiary/aromatic N) is 4. The van der Waals surface area contributed by atoms with E-state index in [0.29, 0.717) is 6.54 Å². The van der Waals surface area contributed by atoms with Crippen molar-refractivity contribution >= 4 is 17.5 Å². The van der Waals surface area contributed by atoms with Crippen molar-refractivity contribution < 1.29 is 4.79 Å². The molecule has 0 unspecified atom stereocenters. The number of halogens is 1. The highest BCUT2D eigenvalue weighted by molar-refractivity contribution is 6.29. The molecule has 0 spiro atoms. The van der Waals surface area contributed by atoms with Crippen molar-refractivity contribution in [1.29, 1.82) is 0 Å². The first-order valence-electron chi connectivity index (χ1n) is 5.33. The van der Waals surface area contributed by atoms with Crippen molar-refractivity contribution in [2.45, 2.75) is 13.5 Å². The Morgan fingerprint density at radius 3 is 2.78 bits per heavy atom. The van der Waals surface area contributed by atoms with Gasteiger partial charge in [0.05, 0.1) is 5.69 Å². The van der Waals surface area contributed by atoms with Crippen LogP contribution in [0.5, 0.6) is 0 Å². The number of rotatable bonds is 3. The van der Waals surface area contributed by atoms with Crippen LogP contribution in [0.2, 0.25) is 5.15 Å². The van der Waals surface area contributed by atoms with Gasteiger partial charge in [0.25, 0.3) is 5.91 Å². The van der Waals surface area contributed by atoms with Gasteiger partial charge in [0.15, 0.2) is 10.8 Å². The van der Waals surface area contributed by atoms with Gasteiger partial charge in [0.2, 0.25) is 0 Å². The van der Waals surface area contributed by atoms with E-state index < -0.39 is 0 Å². The van der Waals surface area contributed by atoms with Crippen molar-refractivity contribution in [2.75, 3.05) is 0 Å². The van der Waals surface area contributed by atoms with Crippen LogP contribution in [0.4, 0.5) is 0 Å². The van der Waals surface area contributed by atoms with Gasteiger partial charge in [0, 0.05) is 25.4 Å². The van der Waals surface area contributed by atoms with Crippen molar-refractivity contribution in [2.24, 2.45) is 7.05 Å². The summed E-state index contributed by atoms with van der Waals surface area (Å²) < 4.78 is 1.71. The molecule has 0 aliphatic heterocycles. The molecule has 2 heterocycles. The van der Waals surface area contributed by atoms with Gasteiger partial charge in [-0.25, -0.2) is 0 Å². The number of aryl methyl sites for hydroxylation is 2. The van der Waals surface area contributed by atoms with Gasteiger partial charge in [-0.3, -0.25) is 9.48 Å². The average molecular weight is 266 g/mol. The second kappa shape index (κ2) is 5.14. The Morgan fingerprint density at radius 1 is 1.44 bits per heavy atom. The van der Waals surface area contributed by atoms with Crippen LogP contribution in [0, 0.1) is 6.92 Å². The highest BCUT2D eigenvalue weighted by atomic mass is 35.5. The molecule has 0 bridgehead atoms. The van der Waals surface area contributed by atoms with Crippen molar-refractivity contribution in [3.8, 4) is 0 Å². The zero-order valence-corrected chi connectivity index (χ0v) is 10.8. The minimum absolute atomic E-state index is 0.237. The second-order valence-electron chi connectivity index (χ2n) is 3.84. The van der Waals surface area contributed by atoms with Crippen LogP contribution >= 0.6 is 11.6 Å². The lowest BCUT2D eigenvalue weighted by molar-refractivity contribution is 0.0945. The highest BCUT2D eigenvalue weighted by Crippen LogP contribution is 2.05. The summed E-state index contributed by atoms with van der Waals surface area (Å²) in [5.74, 6) is -0.289.